The molecule has 3 saturated carbocycles. The van der Waals surface area contributed by atoms with Crippen molar-refractivity contribution in [2.45, 2.75) is 44.1 Å². The fourth-order valence-corrected chi connectivity index (χ4v) is 3.58. The minimum Gasteiger partial charge on any atom is -0.325 e. The van der Waals surface area contributed by atoms with E-state index in [0.717, 1.165) is 0 Å². The van der Waals surface area contributed by atoms with Gasteiger partial charge in [-0.2, -0.15) is 0 Å². The summed E-state index contributed by atoms with van der Waals surface area (Å²) < 4.78 is 12.9. The van der Waals surface area contributed by atoms with Crippen LogP contribution in [0, 0.1) is 11.2 Å². The molecule has 0 heterocycles. The van der Waals surface area contributed by atoms with Gasteiger partial charge in [-0.1, -0.05) is 12.1 Å². The van der Waals surface area contributed by atoms with Crippen molar-refractivity contribution < 1.29 is 4.39 Å². The lowest BCUT2D eigenvalue weighted by molar-refractivity contribution is -0.182. The Hall–Kier alpha value is -0.600. The monoisotopic (exact) mass is 255 g/mol. The van der Waals surface area contributed by atoms with Crippen LogP contribution in [0.1, 0.15) is 38.7 Å². The molecule has 3 fully saturated rings. The van der Waals surface area contributed by atoms with Crippen LogP contribution in [0.3, 0.4) is 0 Å². The fraction of sp³-hybridized carbons (Fsp3) is 0.571. The highest BCUT2D eigenvalue weighted by molar-refractivity contribution is 5.85. The smallest absolute Gasteiger partial charge is 0.123 e. The Morgan fingerprint density at radius 2 is 1.59 bits per heavy atom. The maximum Gasteiger partial charge on any atom is 0.123 e. The van der Waals surface area contributed by atoms with Crippen LogP contribution < -0.4 is 5.73 Å². The van der Waals surface area contributed by atoms with E-state index in [0.29, 0.717) is 10.8 Å². The van der Waals surface area contributed by atoms with Crippen molar-refractivity contribution in [1.29, 1.82) is 0 Å². The van der Waals surface area contributed by atoms with E-state index >= 15 is 0 Å². The van der Waals surface area contributed by atoms with E-state index in [2.05, 4.69) is 13.8 Å². The van der Waals surface area contributed by atoms with Crippen LogP contribution in [0.2, 0.25) is 0 Å². The van der Waals surface area contributed by atoms with E-state index in [4.69, 9.17) is 5.73 Å². The first-order valence-corrected chi connectivity index (χ1v) is 5.92. The Labute approximate surface area is 108 Å². The quantitative estimate of drug-likeness (QED) is 0.861. The molecule has 3 aliphatic rings. The van der Waals surface area contributed by atoms with Crippen molar-refractivity contribution in [3.8, 4) is 0 Å². The molecule has 1 aromatic carbocycles. The van der Waals surface area contributed by atoms with Crippen LogP contribution in [0.4, 0.5) is 4.39 Å². The van der Waals surface area contributed by atoms with E-state index in [9.17, 15) is 4.39 Å². The van der Waals surface area contributed by atoms with Crippen LogP contribution in [-0.4, -0.2) is 5.54 Å². The minimum atomic E-state index is -0.149. The molecule has 0 aromatic heterocycles. The zero-order valence-corrected chi connectivity index (χ0v) is 11.1. The number of hydrogen-bond donors (Lipinski definition) is 1. The Morgan fingerprint density at radius 1 is 1.12 bits per heavy atom. The summed E-state index contributed by atoms with van der Waals surface area (Å²) in [5.41, 5.74) is 8.10. The van der Waals surface area contributed by atoms with Crippen molar-refractivity contribution in [3.63, 3.8) is 0 Å². The van der Waals surface area contributed by atoms with Gasteiger partial charge in [0, 0.05) is 5.54 Å². The van der Waals surface area contributed by atoms with Gasteiger partial charge in [-0.25, -0.2) is 4.39 Å². The normalized spacial score (nSPS) is 34.4. The average Bonchev–Trinajstić information content (AvgIpc) is 2.00. The second kappa shape index (κ2) is 3.46. The van der Waals surface area contributed by atoms with Crippen molar-refractivity contribution in [2.75, 3.05) is 0 Å². The molecule has 0 radical (unpaired) electrons. The number of halogens is 2. The van der Waals surface area contributed by atoms with Gasteiger partial charge in [-0.05, 0) is 61.6 Å². The molecule has 2 N–H and O–H groups in total. The predicted octanol–water partition coefficient (Wildman–Crippen LogP) is 3.41. The minimum absolute atomic E-state index is 0. The highest BCUT2D eigenvalue weighted by Crippen LogP contribution is 2.76. The summed E-state index contributed by atoms with van der Waals surface area (Å²) in [6, 6.07) is 7.00. The summed E-state index contributed by atoms with van der Waals surface area (Å²) >= 11 is 0. The molecule has 0 unspecified atom stereocenters. The van der Waals surface area contributed by atoms with Gasteiger partial charge in [-0.3, -0.25) is 0 Å². The summed E-state index contributed by atoms with van der Waals surface area (Å²) in [5, 5.41) is 0. The van der Waals surface area contributed by atoms with Crippen LogP contribution in [0.15, 0.2) is 24.3 Å². The summed E-state index contributed by atoms with van der Waals surface area (Å²) in [7, 11) is 0. The zero-order valence-electron chi connectivity index (χ0n) is 10.3. The number of rotatable bonds is 2. The molecule has 0 atom stereocenters. The third-order valence-electron chi connectivity index (χ3n) is 4.85. The molecule has 0 amide bonds. The molecule has 1 aromatic rings. The molecule has 2 bridgehead atoms. The summed E-state index contributed by atoms with van der Waals surface area (Å²) in [4.78, 5) is 0. The van der Waals surface area contributed by atoms with E-state index in [-0.39, 0.29) is 23.8 Å². The molecule has 1 nitrogen and oxygen atoms in total. The Balaban J connectivity index is 0.00000108. The SMILES string of the molecule is CC(C)(N)C12CC(c3ccc(F)cc3)(C1)C2.Cl. The molecule has 3 aliphatic carbocycles. The second-order valence-corrected chi connectivity index (χ2v) is 6.32. The second-order valence-electron chi connectivity index (χ2n) is 6.32. The third-order valence-corrected chi connectivity index (χ3v) is 4.85. The summed E-state index contributed by atoms with van der Waals surface area (Å²) in [6.45, 7) is 4.25. The van der Waals surface area contributed by atoms with E-state index in [1.807, 2.05) is 12.1 Å². The van der Waals surface area contributed by atoms with Gasteiger partial charge in [0.2, 0.25) is 0 Å². The van der Waals surface area contributed by atoms with Crippen LogP contribution in [0.5, 0.6) is 0 Å². The maximum absolute atomic E-state index is 12.9. The molecule has 0 saturated heterocycles. The molecule has 3 heteroatoms. The third kappa shape index (κ3) is 1.54. The zero-order chi connectivity index (χ0) is 11.6. The first-order chi connectivity index (χ1) is 7.37. The topological polar surface area (TPSA) is 26.0 Å². The van der Waals surface area contributed by atoms with Gasteiger partial charge in [0.15, 0.2) is 0 Å². The maximum atomic E-state index is 12.9. The molecular formula is C14H19ClFN. The van der Waals surface area contributed by atoms with Gasteiger partial charge in [0.05, 0.1) is 0 Å². The molecule has 4 rings (SSSR count). The molecular weight excluding hydrogens is 237 g/mol. The van der Waals surface area contributed by atoms with Crippen molar-refractivity contribution >= 4 is 12.4 Å². The summed E-state index contributed by atoms with van der Waals surface area (Å²) in [6.07, 6.45) is 3.53. The summed E-state index contributed by atoms with van der Waals surface area (Å²) in [5.74, 6) is -0.149. The molecule has 0 spiro atoms. The average molecular weight is 256 g/mol. The Bertz CT molecular complexity index is 413. The standard InChI is InChI=1S/C14H18FN.ClH/c1-12(2,16)14-7-13(8-14,9-14)10-3-5-11(15)6-4-10;/h3-6H,7-9,16H2,1-2H3;1H. The van der Waals surface area contributed by atoms with Crippen molar-refractivity contribution in [2.24, 2.45) is 11.1 Å². The Morgan fingerprint density at radius 3 is 2.00 bits per heavy atom. The highest BCUT2D eigenvalue weighted by Gasteiger charge is 2.72. The first-order valence-electron chi connectivity index (χ1n) is 5.92. The van der Waals surface area contributed by atoms with Crippen molar-refractivity contribution in [1.82, 2.24) is 0 Å². The predicted molar refractivity (Wildman–Crippen MR) is 69.9 cm³/mol. The van der Waals surface area contributed by atoms with Gasteiger partial charge in [0.1, 0.15) is 5.82 Å². The van der Waals surface area contributed by atoms with Gasteiger partial charge in [-0.15, -0.1) is 12.4 Å². The molecule has 94 valence electrons. The van der Waals surface area contributed by atoms with Gasteiger partial charge >= 0.3 is 0 Å². The number of nitrogens with two attached hydrogens (primary N) is 1. The Kier molecular flexibility index (Phi) is 2.61. The number of benzene rings is 1. The fourth-order valence-electron chi connectivity index (χ4n) is 3.58. The van der Waals surface area contributed by atoms with E-state index < -0.39 is 0 Å². The van der Waals surface area contributed by atoms with Crippen LogP contribution >= 0.6 is 12.4 Å². The van der Waals surface area contributed by atoms with Crippen LogP contribution in [0.25, 0.3) is 0 Å². The van der Waals surface area contributed by atoms with E-state index in [1.54, 1.807) is 12.1 Å². The number of hydrogen-bond acceptors (Lipinski definition) is 1. The lowest BCUT2D eigenvalue weighted by atomic mass is 9.29. The van der Waals surface area contributed by atoms with Crippen molar-refractivity contribution in [3.05, 3.63) is 35.6 Å². The molecule has 0 aliphatic heterocycles. The molecule has 17 heavy (non-hydrogen) atoms. The highest BCUT2D eigenvalue weighted by atomic mass is 35.5. The largest absolute Gasteiger partial charge is 0.325 e. The van der Waals surface area contributed by atoms with Gasteiger partial charge < -0.3 is 5.73 Å². The van der Waals surface area contributed by atoms with Crippen LogP contribution in [-0.2, 0) is 5.41 Å². The van der Waals surface area contributed by atoms with Gasteiger partial charge in [0.25, 0.3) is 0 Å². The van der Waals surface area contributed by atoms with E-state index in [1.165, 1.54) is 24.8 Å². The lowest BCUT2D eigenvalue weighted by Gasteiger charge is -2.75. The lowest BCUT2D eigenvalue weighted by Crippen LogP contribution is -2.74. The first kappa shape index (κ1) is 12.8.